The molecule has 0 aliphatic rings. The first-order valence-corrected chi connectivity index (χ1v) is 6.54. The van der Waals surface area contributed by atoms with E-state index in [1.807, 2.05) is 51.1 Å². The van der Waals surface area contributed by atoms with Gasteiger partial charge in [0.2, 0.25) is 5.91 Å². The van der Waals surface area contributed by atoms with Crippen LogP contribution in [0.3, 0.4) is 0 Å². The van der Waals surface area contributed by atoms with Crippen LogP contribution >= 0.6 is 0 Å². The summed E-state index contributed by atoms with van der Waals surface area (Å²) < 4.78 is 0. The molecule has 1 amide bonds. The number of nitrogens with two attached hydrogens (primary N) is 1. The van der Waals surface area contributed by atoms with Crippen molar-refractivity contribution in [2.45, 2.75) is 39.3 Å². The zero-order valence-corrected chi connectivity index (χ0v) is 12.1. The number of nitrogens with one attached hydrogen (secondary N) is 1. The third kappa shape index (κ3) is 4.66. The van der Waals surface area contributed by atoms with Crippen LogP contribution in [0.15, 0.2) is 30.3 Å². The first-order chi connectivity index (χ1) is 9.21. The van der Waals surface area contributed by atoms with E-state index in [0.717, 1.165) is 5.56 Å². The predicted octanol–water partition coefficient (Wildman–Crippen LogP) is 1.17. The molecule has 1 rings (SSSR count). The van der Waals surface area contributed by atoms with E-state index in [9.17, 15) is 14.7 Å². The fraction of sp³-hybridized carbons (Fsp3) is 0.467. The van der Waals surface area contributed by atoms with Crippen LogP contribution in [-0.4, -0.2) is 29.1 Å². The molecular weight excluding hydrogens is 256 g/mol. The Kier molecular flexibility index (Phi) is 5.27. The van der Waals surface area contributed by atoms with Gasteiger partial charge < -0.3 is 16.2 Å². The van der Waals surface area contributed by atoms with Gasteiger partial charge in [-0.2, -0.15) is 0 Å². The summed E-state index contributed by atoms with van der Waals surface area (Å²) in [5.74, 6) is -1.51. The van der Waals surface area contributed by atoms with E-state index in [4.69, 9.17) is 5.73 Å². The number of carboxylic acids is 1. The molecule has 0 saturated carbocycles. The number of carbonyl (C=O) groups excluding carboxylic acids is 1. The van der Waals surface area contributed by atoms with Crippen LogP contribution in [0, 0.1) is 5.41 Å². The van der Waals surface area contributed by atoms with Gasteiger partial charge in [0.1, 0.15) is 6.04 Å². The quantitative estimate of drug-likeness (QED) is 0.754. The molecule has 0 aliphatic heterocycles. The van der Waals surface area contributed by atoms with Crippen LogP contribution in [0.1, 0.15) is 26.3 Å². The normalized spacial score (nSPS) is 14.4. The molecule has 0 heterocycles. The van der Waals surface area contributed by atoms with E-state index >= 15 is 0 Å². The monoisotopic (exact) mass is 278 g/mol. The second-order valence-corrected chi connectivity index (χ2v) is 5.93. The molecule has 0 saturated heterocycles. The fourth-order valence-corrected chi connectivity index (χ4v) is 1.70. The molecule has 0 bridgehead atoms. The summed E-state index contributed by atoms with van der Waals surface area (Å²) in [6.07, 6.45) is 0.235. The summed E-state index contributed by atoms with van der Waals surface area (Å²) in [7, 11) is 0. The molecule has 5 heteroatoms. The Hall–Kier alpha value is -1.88. The van der Waals surface area contributed by atoms with Crippen LogP contribution in [0.4, 0.5) is 0 Å². The lowest BCUT2D eigenvalue weighted by Gasteiger charge is -2.27. The van der Waals surface area contributed by atoms with Crippen LogP contribution in [0.5, 0.6) is 0 Å². The molecule has 0 radical (unpaired) electrons. The lowest BCUT2D eigenvalue weighted by molar-refractivity contribution is -0.142. The van der Waals surface area contributed by atoms with Gasteiger partial charge in [0.25, 0.3) is 0 Å². The van der Waals surface area contributed by atoms with E-state index in [2.05, 4.69) is 5.32 Å². The average Bonchev–Trinajstić information content (AvgIpc) is 2.37. The van der Waals surface area contributed by atoms with Gasteiger partial charge in [0, 0.05) is 6.42 Å². The summed E-state index contributed by atoms with van der Waals surface area (Å²) >= 11 is 0. The minimum absolute atomic E-state index is 0.235. The molecule has 0 spiro atoms. The molecule has 1 aromatic carbocycles. The second-order valence-electron chi connectivity index (χ2n) is 5.93. The number of carboxylic acid groups (broad SMARTS) is 1. The Morgan fingerprint density at radius 2 is 1.80 bits per heavy atom. The van der Waals surface area contributed by atoms with Crippen molar-refractivity contribution in [1.82, 2.24) is 5.32 Å². The highest BCUT2D eigenvalue weighted by Crippen LogP contribution is 2.17. The summed E-state index contributed by atoms with van der Waals surface area (Å²) in [4.78, 5) is 23.3. The fourth-order valence-electron chi connectivity index (χ4n) is 1.70. The number of amides is 1. The third-order valence-electron chi connectivity index (χ3n) is 3.11. The molecule has 20 heavy (non-hydrogen) atoms. The number of carbonyl (C=O) groups is 2. The number of hydrogen-bond acceptors (Lipinski definition) is 3. The molecule has 0 aromatic heterocycles. The maximum atomic E-state index is 12.0. The van der Waals surface area contributed by atoms with Crippen molar-refractivity contribution < 1.29 is 14.7 Å². The third-order valence-corrected chi connectivity index (χ3v) is 3.11. The maximum Gasteiger partial charge on any atom is 0.326 e. The Morgan fingerprint density at radius 3 is 2.25 bits per heavy atom. The minimum atomic E-state index is -1.07. The topological polar surface area (TPSA) is 92.4 Å². The van der Waals surface area contributed by atoms with Gasteiger partial charge in [0.15, 0.2) is 0 Å². The molecule has 1 aromatic rings. The van der Waals surface area contributed by atoms with Crippen LogP contribution < -0.4 is 11.1 Å². The number of rotatable bonds is 5. The summed E-state index contributed by atoms with van der Waals surface area (Å²) in [5, 5.41) is 11.7. The van der Waals surface area contributed by atoms with E-state index in [1.165, 1.54) is 0 Å². The summed E-state index contributed by atoms with van der Waals surface area (Å²) in [5.41, 5.74) is 6.27. The Labute approximate surface area is 119 Å². The standard InChI is InChI=1S/C15H22N2O3/c1-15(2,3)12(16)13(18)17-11(14(19)20)9-10-7-5-4-6-8-10/h4-8,11-12H,9,16H2,1-3H3,(H,17,18)(H,19,20)/t11-,12?/m0/s1. The largest absolute Gasteiger partial charge is 0.480 e. The molecule has 4 N–H and O–H groups in total. The Balaban J connectivity index is 2.74. The molecule has 2 atom stereocenters. The first-order valence-electron chi connectivity index (χ1n) is 6.54. The van der Waals surface area contributed by atoms with E-state index in [0.29, 0.717) is 0 Å². The molecule has 5 nitrogen and oxygen atoms in total. The van der Waals surface area contributed by atoms with Crippen molar-refractivity contribution in [1.29, 1.82) is 0 Å². The lowest BCUT2D eigenvalue weighted by atomic mass is 9.86. The van der Waals surface area contributed by atoms with Crippen LogP contribution in [-0.2, 0) is 16.0 Å². The van der Waals surface area contributed by atoms with Gasteiger partial charge in [-0.25, -0.2) is 4.79 Å². The smallest absolute Gasteiger partial charge is 0.326 e. The minimum Gasteiger partial charge on any atom is -0.480 e. The van der Waals surface area contributed by atoms with Crippen molar-refractivity contribution in [3.05, 3.63) is 35.9 Å². The second kappa shape index (κ2) is 6.52. The van der Waals surface area contributed by atoms with Crippen molar-refractivity contribution in [2.75, 3.05) is 0 Å². The van der Waals surface area contributed by atoms with Crippen LogP contribution in [0.25, 0.3) is 0 Å². The lowest BCUT2D eigenvalue weighted by Crippen LogP contribution is -2.53. The van der Waals surface area contributed by atoms with Gasteiger partial charge in [-0.05, 0) is 11.0 Å². The van der Waals surface area contributed by atoms with Gasteiger partial charge in [-0.15, -0.1) is 0 Å². The first kappa shape index (κ1) is 16.2. The zero-order chi connectivity index (χ0) is 15.3. The van der Waals surface area contributed by atoms with E-state index in [-0.39, 0.29) is 6.42 Å². The number of aliphatic carboxylic acids is 1. The predicted molar refractivity (Wildman–Crippen MR) is 77.1 cm³/mol. The number of hydrogen-bond donors (Lipinski definition) is 3. The average molecular weight is 278 g/mol. The molecule has 0 aliphatic carbocycles. The van der Waals surface area contributed by atoms with Gasteiger partial charge in [0.05, 0.1) is 6.04 Å². The highest BCUT2D eigenvalue weighted by molar-refractivity contribution is 5.87. The number of benzene rings is 1. The van der Waals surface area contributed by atoms with Gasteiger partial charge in [-0.3, -0.25) is 4.79 Å². The summed E-state index contributed by atoms with van der Waals surface area (Å²) in [6.45, 7) is 5.51. The van der Waals surface area contributed by atoms with Crippen molar-refractivity contribution in [2.24, 2.45) is 11.1 Å². The highest BCUT2D eigenvalue weighted by Gasteiger charge is 2.30. The van der Waals surface area contributed by atoms with Crippen molar-refractivity contribution in [3.63, 3.8) is 0 Å². The Bertz CT molecular complexity index is 466. The molecule has 110 valence electrons. The zero-order valence-electron chi connectivity index (χ0n) is 12.1. The van der Waals surface area contributed by atoms with E-state index < -0.39 is 29.4 Å². The van der Waals surface area contributed by atoms with Crippen LogP contribution in [0.2, 0.25) is 0 Å². The van der Waals surface area contributed by atoms with Crippen molar-refractivity contribution >= 4 is 11.9 Å². The Morgan fingerprint density at radius 1 is 1.25 bits per heavy atom. The summed E-state index contributed by atoms with van der Waals surface area (Å²) in [6, 6.07) is 7.44. The van der Waals surface area contributed by atoms with Crippen molar-refractivity contribution in [3.8, 4) is 0 Å². The molecule has 0 fully saturated rings. The maximum absolute atomic E-state index is 12.0. The van der Waals surface area contributed by atoms with E-state index in [1.54, 1.807) is 0 Å². The van der Waals surface area contributed by atoms with Gasteiger partial charge in [-0.1, -0.05) is 51.1 Å². The van der Waals surface area contributed by atoms with Gasteiger partial charge >= 0.3 is 5.97 Å². The molecule has 1 unspecified atom stereocenters. The highest BCUT2D eigenvalue weighted by atomic mass is 16.4. The molecular formula is C15H22N2O3. The SMILES string of the molecule is CC(C)(C)C(N)C(=O)N[C@@H](Cc1ccccc1)C(=O)O.